The number of hydrogen-bond acceptors (Lipinski definition) is 2. The van der Waals surface area contributed by atoms with Crippen LogP contribution in [0.5, 0.6) is 0 Å². The molecule has 0 spiro atoms. The number of anilines is 1. The number of nitriles is 1. The van der Waals surface area contributed by atoms with Crippen LogP contribution in [0.1, 0.15) is 24.5 Å². The molecule has 1 N–H and O–H groups in total. The van der Waals surface area contributed by atoms with Crippen molar-refractivity contribution in [2.75, 3.05) is 5.32 Å². The van der Waals surface area contributed by atoms with Crippen LogP contribution in [-0.4, -0.2) is 5.91 Å². The third-order valence-corrected chi connectivity index (χ3v) is 3.02. The summed E-state index contributed by atoms with van der Waals surface area (Å²) in [7, 11) is 0. The SMILES string of the molecule is Cc1ccc2c(c1)C(F)(CC(C)C#N)C(=O)N2. The highest BCUT2D eigenvalue weighted by Gasteiger charge is 2.48. The summed E-state index contributed by atoms with van der Waals surface area (Å²) in [5.74, 6) is -1.17. The second-order valence-corrected chi connectivity index (χ2v) is 4.54. The van der Waals surface area contributed by atoms with Gasteiger partial charge in [-0.05, 0) is 19.9 Å². The fraction of sp³-hybridized carbons (Fsp3) is 0.385. The number of hydrogen-bond donors (Lipinski definition) is 1. The summed E-state index contributed by atoms with van der Waals surface area (Å²) in [6, 6.07) is 7.14. The van der Waals surface area contributed by atoms with E-state index in [0.29, 0.717) is 11.3 Å². The van der Waals surface area contributed by atoms with E-state index in [0.717, 1.165) is 5.56 Å². The fourth-order valence-electron chi connectivity index (χ4n) is 2.11. The molecular formula is C13H13FN2O. The van der Waals surface area contributed by atoms with Gasteiger partial charge in [-0.15, -0.1) is 0 Å². The van der Waals surface area contributed by atoms with Gasteiger partial charge < -0.3 is 5.32 Å². The summed E-state index contributed by atoms with van der Waals surface area (Å²) in [6.45, 7) is 3.46. The van der Waals surface area contributed by atoms with Crippen LogP contribution in [0.2, 0.25) is 0 Å². The first-order valence-electron chi connectivity index (χ1n) is 5.48. The molecule has 2 atom stereocenters. The number of carbonyl (C=O) groups is 1. The third-order valence-electron chi connectivity index (χ3n) is 3.02. The number of fused-ring (bicyclic) bond motifs is 1. The van der Waals surface area contributed by atoms with Crippen molar-refractivity contribution in [1.29, 1.82) is 5.26 Å². The van der Waals surface area contributed by atoms with Gasteiger partial charge in [0.25, 0.3) is 5.91 Å². The minimum absolute atomic E-state index is 0.105. The lowest BCUT2D eigenvalue weighted by molar-refractivity contribution is -0.127. The van der Waals surface area contributed by atoms with Crippen LogP contribution in [0.25, 0.3) is 0 Å². The topological polar surface area (TPSA) is 52.9 Å². The quantitative estimate of drug-likeness (QED) is 0.852. The van der Waals surface area contributed by atoms with E-state index in [-0.39, 0.29) is 6.42 Å². The highest BCUT2D eigenvalue weighted by molar-refractivity contribution is 6.05. The van der Waals surface area contributed by atoms with Crippen LogP contribution in [0.4, 0.5) is 10.1 Å². The maximum Gasteiger partial charge on any atom is 0.266 e. The second-order valence-electron chi connectivity index (χ2n) is 4.54. The van der Waals surface area contributed by atoms with Gasteiger partial charge in [0.05, 0.1) is 6.07 Å². The third kappa shape index (κ3) is 1.78. The number of benzene rings is 1. The maximum absolute atomic E-state index is 14.8. The Balaban J connectivity index is 2.46. The van der Waals surface area contributed by atoms with E-state index >= 15 is 0 Å². The van der Waals surface area contributed by atoms with Crippen LogP contribution in [-0.2, 0) is 10.5 Å². The Morgan fingerprint density at radius 3 is 2.94 bits per heavy atom. The largest absolute Gasteiger partial charge is 0.323 e. The van der Waals surface area contributed by atoms with E-state index in [4.69, 9.17) is 5.26 Å². The molecule has 88 valence electrons. The molecule has 1 heterocycles. The monoisotopic (exact) mass is 232 g/mol. The van der Waals surface area contributed by atoms with Gasteiger partial charge in [0.15, 0.2) is 0 Å². The van der Waals surface area contributed by atoms with Crippen LogP contribution in [0, 0.1) is 24.2 Å². The van der Waals surface area contributed by atoms with Gasteiger partial charge in [0, 0.05) is 23.6 Å². The Bertz CT molecular complexity index is 521. The number of nitrogens with one attached hydrogen (secondary N) is 1. The van der Waals surface area contributed by atoms with Crippen LogP contribution in [0.15, 0.2) is 18.2 Å². The molecular weight excluding hydrogens is 219 g/mol. The number of amides is 1. The molecule has 0 saturated heterocycles. The zero-order chi connectivity index (χ0) is 12.6. The second kappa shape index (κ2) is 3.85. The van der Waals surface area contributed by atoms with E-state index in [2.05, 4.69) is 5.32 Å². The predicted octanol–water partition coefficient (Wildman–Crippen LogP) is 2.66. The normalized spacial score (nSPS) is 23.8. The molecule has 0 bridgehead atoms. The van der Waals surface area contributed by atoms with Crippen LogP contribution >= 0.6 is 0 Å². The average Bonchev–Trinajstić information content (AvgIpc) is 2.52. The van der Waals surface area contributed by atoms with E-state index < -0.39 is 17.5 Å². The summed E-state index contributed by atoms with van der Waals surface area (Å²) in [5.41, 5.74) is -0.319. The van der Waals surface area contributed by atoms with Crippen molar-refractivity contribution < 1.29 is 9.18 Å². The molecule has 0 aromatic heterocycles. The highest BCUT2D eigenvalue weighted by Crippen LogP contribution is 2.43. The lowest BCUT2D eigenvalue weighted by Crippen LogP contribution is -2.31. The van der Waals surface area contributed by atoms with Crippen molar-refractivity contribution in [1.82, 2.24) is 0 Å². The Kier molecular flexibility index (Phi) is 2.62. The van der Waals surface area contributed by atoms with Crippen molar-refractivity contribution in [2.24, 2.45) is 5.92 Å². The number of alkyl halides is 1. The zero-order valence-corrected chi connectivity index (χ0v) is 9.75. The first-order chi connectivity index (χ1) is 7.97. The van der Waals surface area contributed by atoms with E-state index in [9.17, 15) is 9.18 Å². The van der Waals surface area contributed by atoms with Gasteiger partial charge in [-0.1, -0.05) is 17.7 Å². The molecule has 1 aromatic rings. The molecule has 2 unspecified atom stereocenters. The van der Waals surface area contributed by atoms with Gasteiger partial charge >= 0.3 is 0 Å². The maximum atomic E-state index is 14.8. The number of rotatable bonds is 2. The Hall–Kier alpha value is -1.89. The molecule has 2 rings (SSSR count). The van der Waals surface area contributed by atoms with E-state index in [1.807, 2.05) is 19.1 Å². The molecule has 0 aliphatic carbocycles. The zero-order valence-electron chi connectivity index (χ0n) is 9.75. The summed E-state index contributed by atoms with van der Waals surface area (Å²) in [4.78, 5) is 11.7. The lowest BCUT2D eigenvalue weighted by Gasteiger charge is -2.19. The van der Waals surface area contributed by atoms with E-state index in [1.165, 1.54) is 0 Å². The van der Waals surface area contributed by atoms with Crippen LogP contribution < -0.4 is 5.32 Å². The molecule has 1 aliphatic heterocycles. The van der Waals surface area contributed by atoms with Crippen LogP contribution in [0.3, 0.4) is 0 Å². The van der Waals surface area contributed by atoms with Crippen molar-refractivity contribution in [2.45, 2.75) is 25.9 Å². The molecule has 1 amide bonds. The molecule has 4 heteroatoms. The van der Waals surface area contributed by atoms with Crippen molar-refractivity contribution in [3.8, 4) is 6.07 Å². The number of nitrogens with zero attached hydrogens (tertiary/aromatic N) is 1. The fourth-order valence-corrected chi connectivity index (χ4v) is 2.11. The minimum Gasteiger partial charge on any atom is -0.323 e. The van der Waals surface area contributed by atoms with Crippen molar-refractivity contribution in [3.05, 3.63) is 29.3 Å². The van der Waals surface area contributed by atoms with Crippen molar-refractivity contribution >= 4 is 11.6 Å². The first kappa shape index (κ1) is 11.6. The number of carbonyl (C=O) groups excluding carboxylic acids is 1. The lowest BCUT2D eigenvalue weighted by atomic mass is 9.87. The smallest absolute Gasteiger partial charge is 0.266 e. The van der Waals surface area contributed by atoms with Crippen molar-refractivity contribution in [3.63, 3.8) is 0 Å². The van der Waals surface area contributed by atoms with Gasteiger partial charge in [0.2, 0.25) is 5.67 Å². The molecule has 1 aliphatic rings. The molecule has 3 nitrogen and oxygen atoms in total. The number of aryl methyl sites for hydroxylation is 1. The Labute approximate surface area is 99.2 Å². The molecule has 0 radical (unpaired) electrons. The predicted molar refractivity (Wildman–Crippen MR) is 62.0 cm³/mol. The standard InChI is InChI=1S/C13H13FN2O/c1-8-3-4-11-10(5-8)13(14,12(17)16-11)6-9(2)7-15/h3-5,9H,6H2,1-2H3,(H,16,17). The number of halogens is 1. The van der Waals surface area contributed by atoms with Gasteiger partial charge in [0.1, 0.15) is 0 Å². The molecule has 0 saturated carbocycles. The average molecular weight is 232 g/mol. The first-order valence-corrected chi connectivity index (χ1v) is 5.48. The molecule has 17 heavy (non-hydrogen) atoms. The highest BCUT2D eigenvalue weighted by atomic mass is 19.1. The van der Waals surface area contributed by atoms with Gasteiger partial charge in [-0.25, -0.2) is 4.39 Å². The summed E-state index contributed by atoms with van der Waals surface area (Å²) in [5, 5.41) is 11.3. The van der Waals surface area contributed by atoms with Gasteiger partial charge in [-0.3, -0.25) is 4.79 Å². The Morgan fingerprint density at radius 1 is 1.59 bits per heavy atom. The summed E-state index contributed by atoms with van der Waals surface area (Å²) >= 11 is 0. The molecule has 1 aromatic carbocycles. The Morgan fingerprint density at radius 2 is 2.29 bits per heavy atom. The van der Waals surface area contributed by atoms with E-state index in [1.54, 1.807) is 19.1 Å². The van der Waals surface area contributed by atoms with Gasteiger partial charge in [-0.2, -0.15) is 5.26 Å². The molecule has 0 fully saturated rings. The summed E-state index contributed by atoms with van der Waals surface area (Å²) < 4.78 is 14.8. The minimum atomic E-state index is -2.07. The summed E-state index contributed by atoms with van der Waals surface area (Å²) in [6.07, 6.45) is -0.105.